The third kappa shape index (κ3) is 6.47. The largest absolute Gasteiger partial charge is 0.624 e. The fourth-order valence-electron chi connectivity index (χ4n) is 3.27. The second-order valence-corrected chi connectivity index (χ2v) is 7.26. The lowest BCUT2D eigenvalue weighted by Gasteiger charge is -2.15. The van der Waals surface area contributed by atoms with E-state index in [0.29, 0.717) is 41.0 Å². The summed E-state index contributed by atoms with van der Waals surface area (Å²) in [5.74, 6) is -0.132. The van der Waals surface area contributed by atoms with Crippen LogP contribution >= 0.6 is 0 Å². The molecular weight excluding hydrogens is 398 g/mol. The zero-order valence-corrected chi connectivity index (χ0v) is 17.1. The number of ether oxygens (including phenoxy) is 1. The minimum Gasteiger partial charge on any atom is -0.624 e. The minimum absolute atomic E-state index is 0.185. The predicted octanol–water partition coefficient (Wildman–Crippen LogP) is 5.74. The minimum atomic E-state index is -0.343. The van der Waals surface area contributed by atoms with Crippen molar-refractivity contribution in [3.05, 3.63) is 83.6 Å². The van der Waals surface area contributed by atoms with Gasteiger partial charge < -0.3 is 9.94 Å². The number of hydrogen-bond donors (Lipinski definition) is 0. The van der Waals surface area contributed by atoms with Gasteiger partial charge in [0.1, 0.15) is 30.7 Å². The van der Waals surface area contributed by atoms with Crippen molar-refractivity contribution in [1.29, 1.82) is 0 Å². The number of benzene rings is 3. The van der Waals surface area contributed by atoms with Gasteiger partial charge in [-0.3, -0.25) is 4.99 Å². The van der Waals surface area contributed by atoms with Crippen LogP contribution in [0.2, 0.25) is 0 Å². The van der Waals surface area contributed by atoms with Crippen LogP contribution in [0.5, 0.6) is 5.75 Å². The van der Waals surface area contributed by atoms with Crippen LogP contribution in [-0.4, -0.2) is 37.4 Å². The van der Waals surface area contributed by atoms with Gasteiger partial charge in [-0.2, -0.15) is 0 Å². The Morgan fingerprint density at radius 3 is 1.97 bits per heavy atom. The van der Waals surface area contributed by atoms with Crippen molar-refractivity contribution in [2.45, 2.75) is 18.9 Å². The van der Waals surface area contributed by atoms with Crippen LogP contribution in [0.1, 0.15) is 12.8 Å². The van der Waals surface area contributed by atoms with Crippen molar-refractivity contribution in [2.24, 2.45) is 4.99 Å². The molecule has 0 radical (unpaired) electrons. The molecule has 0 unspecified atom stereocenters. The number of nitrogens with zero attached hydrogens (tertiary/aromatic N) is 2. The van der Waals surface area contributed by atoms with Crippen LogP contribution in [0.25, 0.3) is 22.3 Å². The number of hydrogen-bond acceptors (Lipinski definition) is 3. The molecule has 3 rings (SSSR count). The second kappa shape index (κ2) is 10.5. The van der Waals surface area contributed by atoms with E-state index in [1.807, 2.05) is 18.2 Å². The summed E-state index contributed by atoms with van der Waals surface area (Å²) in [6, 6.07) is 17.8. The fraction of sp³-hybridized carbons (Fsp3) is 0.200. The molecule has 0 aliphatic carbocycles. The standard InChI is InChI=1S/C25H24F2N2O2/c1-28-24(10-5-11-29(2)30)17-31-25-15-20(18-6-3-8-22(26)13-18)12-21(16-25)19-7-4-9-23(27)14-19/h3-4,6-9,12-16,24H,1-2,5,10-11,17H2/t24-/m1/s1. The van der Waals surface area contributed by atoms with Gasteiger partial charge in [-0.25, -0.2) is 13.5 Å². The number of hydroxylamine groups is 1. The molecule has 1 atom stereocenters. The summed E-state index contributed by atoms with van der Waals surface area (Å²) in [7, 11) is 0. The van der Waals surface area contributed by atoms with Gasteiger partial charge in [-0.05, 0) is 77.9 Å². The van der Waals surface area contributed by atoms with E-state index in [2.05, 4.69) is 18.4 Å². The van der Waals surface area contributed by atoms with Crippen LogP contribution in [-0.2, 0) is 0 Å². The molecule has 3 aromatic rings. The molecule has 0 aliphatic rings. The first-order valence-electron chi connectivity index (χ1n) is 9.95. The Hall–Kier alpha value is -3.54. The van der Waals surface area contributed by atoms with Crippen molar-refractivity contribution in [3.63, 3.8) is 0 Å². The number of aliphatic imine (C=N–C) groups is 1. The Morgan fingerprint density at radius 2 is 1.48 bits per heavy atom. The van der Waals surface area contributed by atoms with Crippen molar-refractivity contribution in [3.8, 4) is 28.0 Å². The first-order valence-corrected chi connectivity index (χ1v) is 9.95. The summed E-state index contributed by atoms with van der Waals surface area (Å²) in [5, 5.41) is 11.0. The summed E-state index contributed by atoms with van der Waals surface area (Å²) in [6.07, 6.45) is 1.26. The lowest BCUT2D eigenvalue weighted by Crippen LogP contribution is -2.17. The van der Waals surface area contributed by atoms with E-state index in [0.717, 1.165) is 11.1 Å². The van der Waals surface area contributed by atoms with E-state index >= 15 is 0 Å². The quantitative estimate of drug-likeness (QED) is 0.181. The Balaban J connectivity index is 1.88. The van der Waals surface area contributed by atoms with Gasteiger partial charge in [0, 0.05) is 6.42 Å². The molecule has 4 nitrogen and oxygen atoms in total. The van der Waals surface area contributed by atoms with Crippen molar-refractivity contribution in [1.82, 2.24) is 0 Å². The third-order valence-corrected chi connectivity index (χ3v) is 4.87. The predicted molar refractivity (Wildman–Crippen MR) is 121 cm³/mol. The van der Waals surface area contributed by atoms with Crippen LogP contribution < -0.4 is 4.74 Å². The molecule has 0 saturated heterocycles. The van der Waals surface area contributed by atoms with E-state index in [1.165, 1.54) is 24.3 Å². The van der Waals surface area contributed by atoms with E-state index in [1.54, 1.807) is 24.3 Å². The molecule has 3 aromatic carbocycles. The average molecular weight is 422 g/mol. The first kappa shape index (κ1) is 22.2. The van der Waals surface area contributed by atoms with Crippen LogP contribution in [0.3, 0.4) is 0 Å². The van der Waals surface area contributed by atoms with Gasteiger partial charge in [0.05, 0.1) is 6.04 Å². The van der Waals surface area contributed by atoms with Crippen LogP contribution in [0.4, 0.5) is 8.78 Å². The number of halogens is 2. The van der Waals surface area contributed by atoms with Gasteiger partial charge >= 0.3 is 0 Å². The fourth-order valence-corrected chi connectivity index (χ4v) is 3.27. The molecule has 0 bridgehead atoms. The third-order valence-electron chi connectivity index (χ3n) is 4.87. The zero-order valence-electron chi connectivity index (χ0n) is 17.1. The van der Waals surface area contributed by atoms with Crippen molar-refractivity contribution in [2.75, 3.05) is 13.2 Å². The van der Waals surface area contributed by atoms with Gasteiger partial charge in [-0.15, -0.1) is 0 Å². The molecule has 160 valence electrons. The summed E-state index contributed by atoms with van der Waals surface area (Å²) in [6.45, 7) is 7.47. The molecule has 0 aromatic heterocycles. The van der Waals surface area contributed by atoms with E-state index in [9.17, 15) is 14.0 Å². The lowest BCUT2D eigenvalue weighted by atomic mass is 9.98. The maximum atomic E-state index is 13.8. The molecular formula is C25H24F2N2O2. The maximum absolute atomic E-state index is 13.8. The lowest BCUT2D eigenvalue weighted by molar-refractivity contribution is -0.449. The molecule has 0 spiro atoms. The summed E-state index contributed by atoms with van der Waals surface area (Å²) < 4.78 is 34.2. The highest BCUT2D eigenvalue weighted by Crippen LogP contribution is 2.32. The molecule has 0 aliphatic heterocycles. The Labute approximate surface area is 180 Å². The molecule has 0 fully saturated rings. The van der Waals surface area contributed by atoms with Gasteiger partial charge in [0.25, 0.3) is 0 Å². The summed E-state index contributed by atoms with van der Waals surface area (Å²) in [5.41, 5.74) is 2.87. The molecule has 0 N–H and O–H groups in total. The highest BCUT2D eigenvalue weighted by Gasteiger charge is 2.11. The van der Waals surface area contributed by atoms with E-state index in [-0.39, 0.29) is 24.3 Å². The maximum Gasteiger partial charge on any atom is 0.152 e. The van der Waals surface area contributed by atoms with Crippen LogP contribution in [0, 0.1) is 16.8 Å². The highest BCUT2D eigenvalue weighted by atomic mass is 19.1. The van der Waals surface area contributed by atoms with Crippen LogP contribution in [0.15, 0.2) is 71.7 Å². The monoisotopic (exact) mass is 422 g/mol. The summed E-state index contributed by atoms with van der Waals surface area (Å²) >= 11 is 0. The summed E-state index contributed by atoms with van der Waals surface area (Å²) in [4.78, 5) is 4.07. The molecule has 0 saturated carbocycles. The molecule has 31 heavy (non-hydrogen) atoms. The molecule has 6 heteroatoms. The van der Waals surface area contributed by atoms with Crippen molar-refractivity contribution < 1.29 is 18.3 Å². The smallest absolute Gasteiger partial charge is 0.152 e. The average Bonchev–Trinajstić information content (AvgIpc) is 2.75. The van der Waals surface area contributed by atoms with Gasteiger partial charge in [0.2, 0.25) is 0 Å². The van der Waals surface area contributed by atoms with E-state index in [4.69, 9.17) is 4.74 Å². The Morgan fingerprint density at radius 1 is 0.903 bits per heavy atom. The number of rotatable bonds is 10. The molecule has 0 amide bonds. The normalized spacial score (nSPS) is 11.7. The first-order chi connectivity index (χ1) is 14.9. The zero-order chi connectivity index (χ0) is 22.2. The van der Waals surface area contributed by atoms with Gasteiger partial charge in [0.15, 0.2) is 6.54 Å². The Kier molecular flexibility index (Phi) is 7.49. The topological polar surface area (TPSA) is 47.7 Å². The highest BCUT2D eigenvalue weighted by molar-refractivity contribution is 5.75. The molecule has 0 heterocycles. The Bertz CT molecular complexity index is 1010. The van der Waals surface area contributed by atoms with Crippen molar-refractivity contribution >= 4 is 13.4 Å². The SMILES string of the molecule is C=N[C@H](CCC[N+](=C)[O-])COc1cc(-c2cccc(F)c2)cc(-c2cccc(F)c2)c1. The second-order valence-electron chi connectivity index (χ2n) is 7.26. The van der Waals surface area contributed by atoms with Gasteiger partial charge in [-0.1, -0.05) is 24.3 Å². The van der Waals surface area contributed by atoms with E-state index < -0.39 is 0 Å².